The molecule has 0 amide bonds. The third-order valence-corrected chi connectivity index (χ3v) is 4.41. The Morgan fingerprint density at radius 3 is 1.58 bits per heavy atom. The molecule has 2 N–H and O–H groups in total. The van der Waals surface area contributed by atoms with Crippen LogP contribution < -0.4 is 20.1 Å². The molecule has 33 heavy (non-hydrogen) atoms. The first kappa shape index (κ1) is 21.2. The van der Waals surface area contributed by atoms with E-state index in [4.69, 9.17) is 9.47 Å². The van der Waals surface area contributed by atoms with Gasteiger partial charge in [0.15, 0.2) is 11.6 Å². The van der Waals surface area contributed by atoms with E-state index < -0.39 is 9.85 Å². The molecule has 4 aromatic rings. The highest BCUT2D eigenvalue weighted by Gasteiger charge is 2.19. The van der Waals surface area contributed by atoms with E-state index in [-0.39, 0.29) is 45.8 Å². The van der Waals surface area contributed by atoms with Gasteiger partial charge in [0.05, 0.1) is 47.6 Å². The summed E-state index contributed by atoms with van der Waals surface area (Å²) in [7, 11) is 2.73. The Bertz CT molecular complexity index is 1270. The van der Waals surface area contributed by atoms with Crippen molar-refractivity contribution in [2.24, 2.45) is 0 Å². The van der Waals surface area contributed by atoms with Crippen LogP contribution in [0.3, 0.4) is 0 Å². The maximum absolute atomic E-state index is 11.1. The van der Waals surface area contributed by atoms with Crippen LogP contribution in [0.25, 0.3) is 11.3 Å². The number of hydrogen-bond donors (Lipinski definition) is 2. The summed E-state index contributed by atoms with van der Waals surface area (Å²) in [4.78, 5) is 29.7. The first-order valence-electron chi connectivity index (χ1n) is 9.09. The number of nitrogens with zero attached hydrogens (tertiary/aromatic N) is 6. The molecule has 0 aliphatic heterocycles. The number of hydrogen-bond acceptors (Lipinski definition) is 13. The fourth-order valence-electron chi connectivity index (χ4n) is 2.86. The van der Waals surface area contributed by atoms with Crippen LogP contribution in [-0.2, 0) is 0 Å². The van der Waals surface area contributed by atoms with E-state index in [2.05, 4.69) is 35.5 Å². The number of non-ortho nitro benzene ring substituents is 2. The molecule has 2 aromatic carbocycles. The van der Waals surface area contributed by atoms with Crippen LogP contribution in [0.2, 0.25) is 0 Å². The first-order chi connectivity index (χ1) is 15.9. The molecule has 15 nitrogen and oxygen atoms in total. The normalized spacial score (nSPS) is 10.6. The lowest BCUT2D eigenvalue weighted by Gasteiger charge is -2.15. The van der Waals surface area contributed by atoms with Gasteiger partial charge in [0, 0.05) is 12.1 Å². The van der Waals surface area contributed by atoms with Gasteiger partial charge in [-0.05, 0) is 22.4 Å². The Hall–Kier alpha value is -5.08. The van der Waals surface area contributed by atoms with Crippen molar-refractivity contribution in [2.45, 2.75) is 0 Å². The van der Waals surface area contributed by atoms with Crippen molar-refractivity contribution in [1.29, 1.82) is 0 Å². The summed E-state index contributed by atoms with van der Waals surface area (Å²) >= 11 is 0. The number of nitro benzene ring substituents is 2. The highest BCUT2D eigenvalue weighted by atomic mass is 16.6. The van der Waals surface area contributed by atoms with Crippen LogP contribution >= 0.6 is 0 Å². The number of benzene rings is 2. The van der Waals surface area contributed by atoms with Gasteiger partial charge in [-0.3, -0.25) is 20.2 Å². The zero-order valence-electron chi connectivity index (χ0n) is 17.0. The third-order valence-electron chi connectivity index (χ3n) is 4.41. The van der Waals surface area contributed by atoms with Gasteiger partial charge >= 0.3 is 0 Å². The number of aromatic nitrogens is 4. The molecule has 0 spiro atoms. The monoisotopic (exact) mass is 454 g/mol. The third kappa shape index (κ3) is 4.22. The standard InChI is InChI=1S/C18H14N8O7/c1-31-13-7-9(25(27)28)3-5-11(13)19-15-16(22-18-17(21-15)23-33-24-18)20-12-6-4-10(26(29)30)8-14(12)32-2/h3-8H,1-2H3,(H,19,21,23)(H,20,22,24). The maximum atomic E-state index is 11.1. The summed E-state index contributed by atoms with van der Waals surface area (Å²) in [5.74, 6) is 0.656. The van der Waals surface area contributed by atoms with E-state index in [0.29, 0.717) is 11.4 Å². The van der Waals surface area contributed by atoms with E-state index in [0.717, 1.165) is 0 Å². The van der Waals surface area contributed by atoms with Crippen molar-refractivity contribution in [2.75, 3.05) is 24.9 Å². The zero-order valence-corrected chi connectivity index (χ0v) is 17.0. The average molecular weight is 454 g/mol. The fourth-order valence-corrected chi connectivity index (χ4v) is 2.86. The van der Waals surface area contributed by atoms with Gasteiger partial charge in [-0.25, -0.2) is 14.6 Å². The highest BCUT2D eigenvalue weighted by molar-refractivity contribution is 5.81. The van der Waals surface area contributed by atoms with Gasteiger partial charge in [0.25, 0.3) is 11.4 Å². The molecule has 0 aliphatic rings. The summed E-state index contributed by atoms with van der Waals surface area (Å²) in [5.41, 5.74) is 0.584. The van der Waals surface area contributed by atoms with Crippen LogP contribution in [0.15, 0.2) is 41.0 Å². The van der Waals surface area contributed by atoms with E-state index in [9.17, 15) is 20.2 Å². The summed E-state index contributed by atoms with van der Waals surface area (Å²) in [6.45, 7) is 0. The zero-order chi connectivity index (χ0) is 23.5. The largest absolute Gasteiger partial charge is 0.494 e. The Kier molecular flexibility index (Phi) is 5.50. The van der Waals surface area contributed by atoms with Crippen molar-refractivity contribution in [3.8, 4) is 11.5 Å². The molecule has 0 saturated carbocycles. The van der Waals surface area contributed by atoms with Gasteiger partial charge in [0.1, 0.15) is 11.5 Å². The number of nitro groups is 2. The first-order valence-corrected chi connectivity index (χ1v) is 9.09. The topological polar surface area (TPSA) is 194 Å². The summed E-state index contributed by atoms with van der Waals surface area (Å²) in [6.07, 6.45) is 0. The van der Waals surface area contributed by atoms with Crippen LogP contribution in [0.4, 0.5) is 34.4 Å². The summed E-state index contributed by atoms with van der Waals surface area (Å²) in [6, 6.07) is 7.97. The van der Waals surface area contributed by atoms with Crippen molar-refractivity contribution < 1.29 is 23.9 Å². The van der Waals surface area contributed by atoms with Crippen LogP contribution in [0, 0.1) is 20.2 Å². The number of methoxy groups -OCH3 is 2. The summed E-state index contributed by atoms with van der Waals surface area (Å²) in [5, 5.41) is 35.4. The predicted octanol–water partition coefficient (Wildman–Crippen LogP) is 3.33. The SMILES string of the molecule is COc1cc([N+](=O)[O-])ccc1Nc1nc2nonc2nc1Nc1ccc([N+](=O)[O-])cc1OC. The Morgan fingerprint density at radius 2 is 1.21 bits per heavy atom. The molecule has 0 aliphatic carbocycles. The van der Waals surface area contributed by atoms with Gasteiger partial charge in [-0.15, -0.1) is 0 Å². The minimum Gasteiger partial charge on any atom is -0.494 e. The van der Waals surface area contributed by atoms with Gasteiger partial charge in [-0.1, -0.05) is 0 Å². The highest BCUT2D eigenvalue weighted by Crippen LogP contribution is 2.36. The quantitative estimate of drug-likeness (QED) is 0.291. The second-order valence-corrected chi connectivity index (χ2v) is 6.37. The Labute approximate surface area is 183 Å². The molecule has 4 rings (SSSR count). The van der Waals surface area contributed by atoms with Crippen molar-refractivity contribution in [3.05, 3.63) is 56.6 Å². The molecular formula is C18H14N8O7. The van der Waals surface area contributed by atoms with Gasteiger partial charge in [-0.2, -0.15) is 0 Å². The molecule has 0 atom stereocenters. The lowest BCUT2D eigenvalue weighted by molar-refractivity contribution is -0.385. The van der Waals surface area contributed by atoms with Crippen molar-refractivity contribution >= 4 is 45.7 Å². The van der Waals surface area contributed by atoms with E-state index >= 15 is 0 Å². The Morgan fingerprint density at radius 1 is 0.788 bits per heavy atom. The molecule has 0 fully saturated rings. The lowest BCUT2D eigenvalue weighted by atomic mass is 10.2. The average Bonchev–Trinajstić information content (AvgIpc) is 3.26. The molecule has 0 unspecified atom stereocenters. The molecule has 0 radical (unpaired) electrons. The van der Waals surface area contributed by atoms with Crippen LogP contribution in [0.5, 0.6) is 11.5 Å². The van der Waals surface area contributed by atoms with E-state index in [1.807, 2.05) is 0 Å². The number of rotatable bonds is 8. The van der Waals surface area contributed by atoms with Crippen molar-refractivity contribution in [1.82, 2.24) is 20.3 Å². The molecule has 2 heterocycles. The Balaban J connectivity index is 1.76. The summed E-state index contributed by atoms with van der Waals surface area (Å²) < 4.78 is 15.2. The second-order valence-electron chi connectivity index (χ2n) is 6.37. The minimum absolute atomic E-state index is 0.0968. The van der Waals surface area contributed by atoms with Crippen LogP contribution in [0.1, 0.15) is 0 Å². The fraction of sp³-hybridized carbons (Fsp3) is 0.111. The predicted molar refractivity (Wildman–Crippen MR) is 113 cm³/mol. The number of nitrogens with one attached hydrogen (secondary N) is 2. The maximum Gasteiger partial charge on any atom is 0.273 e. The smallest absolute Gasteiger partial charge is 0.273 e. The molecule has 0 saturated heterocycles. The number of anilines is 4. The molecule has 168 valence electrons. The molecule has 0 bridgehead atoms. The number of fused-ring (bicyclic) bond motifs is 1. The molecule has 15 heteroatoms. The second kappa shape index (κ2) is 8.58. The number of ether oxygens (including phenoxy) is 2. The van der Waals surface area contributed by atoms with Crippen LogP contribution in [-0.4, -0.2) is 44.3 Å². The van der Waals surface area contributed by atoms with Crippen molar-refractivity contribution in [3.63, 3.8) is 0 Å². The van der Waals surface area contributed by atoms with E-state index in [1.165, 1.54) is 50.6 Å². The van der Waals surface area contributed by atoms with E-state index in [1.54, 1.807) is 0 Å². The van der Waals surface area contributed by atoms with Gasteiger partial charge < -0.3 is 20.1 Å². The molecule has 2 aromatic heterocycles. The minimum atomic E-state index is -0.549. The molecular weight excluding hydrogens is 440 g/mol. The van der Waals surface area contributed by atoms with Gasteiger partial charge in [0.2, 0.25) is 11.3 Å². The lowest BCUT2D eigenvalue weighted by Crippen LogP contribution is -2.05.